The molecule has 0 radical (unpaired) electrons. The molecule has 0 aliphatic heterocycles. The smallest absolute Gasteiger partial charge is 0.320 e. The van der Waals surface area contributed by atoms with Crippen molar-refractivity contribution in [1.29, 1.82) is 0 Å². The molecule has 0 fully saturated rings. The van der Waals surface area contributed by atoms with Crippen LogP contribution in [0.2, 0.25) is 0 Å². The second kappa shape index (κ2) is 6.89. The fourth-order valence-corrected chi connectivity index (χ4v) is 1.54. The Morgan fingerprint density at radius 1 is 1.26 bits per heavy atom. The maximum Gasteiger partial charge on any atom is 0.320 e. The second-order valence-electron chi connectivity index (χ2n) is 4.86. The maximum atomic E-state index is 11.5. The number of benzene rings is 1. The van der Waals surface area contributed by atoms with Gasteiger partial charge in [-0.3, -0.25) is 9.59 Å². The Morgan fingerprint density at radius 3 is 2.32 bits per heavy atom. The Morgan fingerprint density at radius 2 is 1.84 bits per heavy atom. The fourth-order valence-electron chi connectivity index (χ4n) is 1.54. The highest BCUT2D eigenvalue weighted by Gasteiger charge is 2.12. The largest absolute Gasteiger partial charge is 0.480 e. The molecule has 5 nitrogen and oxygen atoms in total. The number of nitrogens with two attached hydrogens (primary N) is 1. The van der Waals surface area contributed by atoms with Gasteiger partial charge in [0.15, 0.2) is 0 Å². The number of carbonyl (C=O) groups excluding carboxylic acids is 1. The van der Waals surface area contributed by atoms with E-state index in [1.807, 2.05) is 13.8 Å². The predicted molar refractivity (Wildman–Crippen MR) is 70.8 cm³/mol. The molecule has 0 aliphatic carbocycles. The fraction of sp³-hybridized carbons (Fsp3) is 0.429. The van der Waals surface area contributed by atoms with Crippen molar-refractivity contribution >= 4 is 11.9 Å². The summed E-state index contributed by atoms with van der Waals surface area (Å²) in [7, 11) is 0. The molecule has 1 unspecified atom stereocenters. The average molecular weight is 265 g/mol. The molecule has 0 aromatic heterocycles. The van der Waals surface area contributed by atoms with Gasteiger partial charge in [0.25, 0.3) is 0 Å². The maximum absolute atomic E-state index is 11.5. The summed E-state index contributed by atoms with van der Waals surface area (Å²) in [4.78, 5) is 22.1. The van der Waals surface area contributed by atoms with Gasteiger partial charge in [0, 0.05) is 6.42 Å². The molecule has 1 rings (SSSR count). The van der Waals surface area contributed by atoms with Crippen LogP contribution in [0, 0.1) is 5.92 Å². The van der Waals surface area contributed by atoms with Crippen molar-refractivity contribution in [1.82, 2.24) is 0 Å². The van der Waals surface area contributed by atoms with Gasteiger partial charge in [0.1, 0.15) is 11.8 Å². The van der Waals surface area contributed by atoms with Crippen molar-refractivity contribution in [2.45, 2.75) is 32.7 Å². The Balaban J connectivity index is 2.56. The van der Waals surface area contributed by atoms with Crippen LogP contribution in [-0.2, 0) is 16.0 Å². The van der Waals surface area contributed by atoms with Gasteiger partial charge < -0.3 is 15.6 Å². The van der Waals surface area contributed by atoms with Gasteiger partial charge in [-0.25, -0.2) is 0 Å². The Hall–Kier alpha value is -1.88. The molecule has 0 amide bonds. The third-order valence-corrected chi connectivity index (χ3v) is 2.50. The predicted octanol–water partition coefficient (Wildman–Crippen LogP) is 1.59. The highest BCUT2D eigenvalue weighted by molar-refractivity contribution is 5.73. The molecule has 5 heteroatoms. The van der Waals surface area contributed by atoms with Gasteiger partial charge in [-0.15, -0.1) is 0 Å². The molecule has 0 saturated carbocycles. The first-order valence-corrected chi connectivity index (χ1v) is 6.16. The summed E-state index contributed by atoms with van der Waals surface area (Å²) in [5.41, 5.74) is 6.23. The molecule has 1 atom stereocenters. The number of carbonyl (C=O) groups is 2. The molecule has 0 bridgehead atoms. The lowest BCUT2D eigenvalue weighted by atomic mass is 10.1. The Bertz CT molecular complexity index is 439. The summed E-state index contributed by atoms with van der Waals surface area (Å²) >= 11 is 0. The van der Waals surface area contributed by atoms with E-state index in [0.29, 0.717) is 12.2 Å². The van der Waals surface area contributed by atoms with Crippen molar-refractivity contribution in [3.8, 4) is 5.75 Å². The molecule has 104 valence electrons. The number of hydrogen-bond donors (Lipinski definition) is 2. The minimum absolute atomic E-state index is 0.246. The molecule has 0 heterocycles. The van der Waals surface area contributed by atoms with Crippen molar-refractivity contribution in [2.75, 3.05) is 0 Å². The summed E-state index contributed by atoms with van der Waals surface area (Å²) in [6.07, 6.45) is 0.612. The van der Waals surface area contributed by atoms with Crippen molar-refractivity contribution in [3.63, 3.8) is 0 Å². The number of hydrogen-bond acceptors (Lipinski definition) is 4. The van der Waals surface area contributed by atoms with Gasteiger partial charge in [-0.05, 0) is 30.0 Å². The van der Waals surface area contributed by atoms with E-state index in [2.05, 4.69) is 0 Å². The van der Waals surface area contributed by atoms with E-state index in [1.165, 1.54) is 0 Å². The highest BCUT2D eigenvalue weighted by atomic mass is 16.5. The van der Waals surface area contributed by atoms with Crippen LogP contribution in [0.15, 0.2) is 24.3 Å². The van der Waals surface area contributed by atoms with Gasteiger partial charge in [0.05, 0.1) is 0 Å². The average Bonchev–Trinajstić information content (AvgIpc) is 2.30. The van der Waals surface area contributed by atoms with Crippen molar-refractivity contribution in [3.05, 3.63) is 29.8 Å². The lowest BCUT2D eigenvalue weighted by Gasteiger charge is -2.08. The van der Waals surface area contributed by atoms with Crippen molar-refractivity contribution in [2.24, 2.45) is 11.7 Å². The minimum atomic E-state index is -1.03. The molecule has 3 N–H and O–H groups in total. The molecule has 19 heavy (non-hydrogen) atoms. The lowest BCUT2D eigenvalue weighted by molar-refractivity contribution is -0.138. The number of rotatable bonds is 6. The summed E-state index contributed by atoms with van der Waals surface area (Å²) in [5.74, 6) is -0.601. The third kappa shape index (κ3) is 5.52. The van der Waals surface area contributed by atoms with Crippen LogP contribution in [0.5, 0.6) is 5.75 Å². The van der Waals surface area contributed by atoms with E-state index in [9.17, 15) is 9.59 Å². The molecule has 1 aromatic rings. The number of carboxylic acid groups (broad SMARTS) is 1. The van der Waals surface area contributed by atoms with E-state index >= 15 is 0 Å². The standard InChI is InChI=1S/C14H19NO4/c1-9(2)7-13(16)19-11-5-3-10(4-6-11)8-12(15)14(17)18/h3-6,9,12H,7-8,15H2,1-2H3,(H,17,18). The second-order valence-corrected chi connectivity index (χ2v) is 4.86. The van der Waals surface area contributed by atoms with Crippen LogP contribution in [0.4, 0.5) is 0 Å². The SMILES string of the molecule is CC(C)CC(=O)Oc1ccc(CC(N)C(=O)O)cc1. The zero-order valence-electron chi connectivity index (χ0n) is 11.1. The Labute approximate surface area is 112 Å². The zero-order valence-corrected chi connectivity index (χ0v) is 11.1. The van der Waals surface area contributed by atoms with Crippen LogP contribution in [0.1, 0.15) is 25.8 Å². The highest BCUT2D eigenvalue weighted by Crippen LogP contribution is 2.15. The molecule has 0 spiro atoms. The topological polar surface area (TPSA) is 89.6 Å². The first-order valence-electron chi connectivity index (χ1n) is 6.16. The minimum Gasteiger partial charge on any atom is -0.480 e. The van der Waals surface area contributed by atoms with Gasteiger partial charge in [0.2, 0.25) is 0 Å². The third-order valence-electron chi connectivity index (χ3n) is 2.50. The monoisotopic (exact) mass is 265 g/mol. The first-order chi connectivity index (χ1) is 8.88. The van der Waals surface area contributed by atoms with E-state index in [1.54, 1.807) is 24.3 Å². The van der Waals surface area contributed by atoms with E-state index < -0.39 is 12.0 Å². The van der Waals surface area contributed by atoms with Crippen LogP contribution >= 0.6 is 0 Å². The zero-order chi connectivity index (χ0) is 14.4. The molecule has 1 aromatic carbocycles. The van der Waals surface area contributed by atoms with Crippen molar-refractivity contribution < 1.29 is 19.4 Å². The number of carboxylic acids is 1. The van der Waals surface area contributed by atoms with E-state index in [0.717, 1.165) is 5.56 Å². The summed E-state index contributed by atoms with van der Waals surface area (Å²) in [6.45, 7) is 3.88. The lowest BCUT2D eigenvalue weighted by Crippen LogP contribution is -2.32. The normalized spacial score (nSPS) is 12.2. The van der Waals surface area contributed by atoms with E-state index in [4.69, 9.17) is 15.6 Å². The number of esters is 1. The van der Waals surface area contributed by atoms with E-state index in [-0.39, 0.29) is 18.3 Å². The molecular weight excluding hydrogens is 246 g/mol. The molecular formula is C14H19NO4. The first kappa shape index (κ1) is 15.2. The van der Waals surface area contributed by atoms with Gasteiger partial charge >= 0.3 is 11.9 Å². The summed E-state index contributed by atoms with van der Waals surface area (Å²) < 4.78 is 5.15. The summed E-state index contributed by atoms with van der Waals surface area (Å²) in [6, 6.07) is 5.78. The van der Waals surface area contributed by atoms with Crippen LogP contribution in [0.3, 0.4) is 0 Å². The van der Waals surface area contributed by atoms with Crippen LogP contribution < -0.4 is 10.5 Å². The van der Waals surface area contributed by atoms with Gasteiger partial charge in [-0.1, -0.05) is 26.0 Å². The number of ether oxygens (including phenoxy) is 1. The van der Waals surface area contributed by atoms with Crippen LogP contribution in [0.25, 0.3) is 0 Å². The Kier molecular flexibility index (Phi) is 5.51. The number of aliphatic carboxylic acids is 1. The van der Waals surface area contributed by atoms with Crippen LogP contribution in [-0.4, -0.2) is 23.1 Å². The summed E-state index contributed by atoms with van der Waals surface area (Å²) in [5, 5.41) is 8.71. The quantitative estimate of drug-likeness (QED) is 0.602. The molecule has 0 saturated heterocycles. The molecule has 0 aliphatic rings. The van der Waals surface area contributed by atoms with Gasteiger partial charge in [-0.2, -0.15) is 0 Å².